The van der Waals surface area contributed by atoms with Gasteiger partial charge < -0.3 is 19.7 Å². The molecule has 0 radical (unpaired) electrons. The number of carbonyl (C=O) groups is 3. The van der Waals surface area contributed by atoms with E-state index in [1.807, 2.05) is 74.5 Å². The number of ether oxygens (including phenoxy) is 2. The molecule has 0 unspecified atom stereocenters. The Kier molecular flexibility index (Phi) is 10.2. The molecule has 0 aliphatic carbocycles. The van der Waals surface area contributed by atoms with Crippen molar-refractivity contribution in [3.05, 3.63) is 71.8 Å². The highest BCUT2D eigenvalue weighted by Crippen LogP contribution is 2.11. The maximum atomic E-state index is 12.7. The first-order valence-electron chi connectivity index (χ1n) is 10.8. The number of nitrogens with one attached hydrogen (secondary N) is 1. The average Bonchev–Trinajstić information content (AvgIpc) is 2.80. The molecule has 2 rings (SSSR count). The summed E-state index contributed by atoms with van der Waals surface area (Å²) in [5.74, 6) is -0.405. The number of esters is 1. The van der Waals surface area contributed by atoms with Gasteiger partial charge in [-0.05, 0) is 17.0 Å². The van der Waals surface area contributed by atoms with Crippen LogP contribution in [-0.4, -0.2) is 49.1 Å². The van der Waals surface area contributed by atoms with E-state index in [2.05, 4.69) is 5.32 Å². The van der Waals surface area contributed by atoms with Gasteiger partial charge in [-0.25, -0.2) is 9.59 Å². The van der Waals surface area contributed by atoms with Gasteiger partial charge in [0.2, 0.25) is 12.0 Å². The highest BCUT2D eigenvalue weighted by Gasteiger charge is 2.27. The Bertz CT molecular complexity index is 855. The van der Waals surface area contributed by atoms with E-state index in [9.17, 15) is 14.4 Å². The lowest BCUT2D eigenvalue weighted by atomic mass is 10.1. The van der Waals surface area contributed by atoms with Crippen molar-refractivity contribution in [1.82, 2.24) is 10.2 Å². The second-order valence-electron chi connectivity index (χ2n) is 8.02. The molecule has 0 saturated heterocycles. The second kappa shape index (κ2) is 13.1. The molecule has 0 spiro atoms. The Morgan fingerprint density at radius 2 is 1.53 bits per heavy atom. The van der Waals surface area contributed by atoms with Crippen LogP contribution >= 0.6 is 0 Å². The quantitative estimate of drug-likeness (QED) is 0.540. The van der Waals surface area contributed by atoms with E-state index in [0.29, 0.717) is 12.5 Å². The minimum Gasteiger partial charge on any atom is -0.458 e. The van der Waals surface area contributed by atoms with E-state index in [-0.39, 0.29) is 31.9 Å². The van der Waals surface area contributed by atoms with E-state index < -0.39 is 18.2 Å². The van der Waals surface area contributed by atoms with Gasteiger partial charge in [0.05, 0.1) is 0 Å². The molecule has 7 heteroatoms. The maximum absolute atomic E-state index is 12.7. The smallest absolute Gasteiger partial charge is 0.410 e. The summed E-state index contributed by atoms with van der Waals surface area (Å²) in [4.78, 5) is 38.5. The molecule has 0 fully saturated rings. The van der Waals surface area contributed by atoms with Gasteiger partial charge in [-0.3, -0.25) is 4.79 Å². The Morgan fingerprint density at radius 1 is 0.938 bits per heavy atom. The van der Waals surface area contributed by atoms with Crippen LogP contribution < -0.4 is 5.32 Å². The molecular formula is C25H32N2O5. The molecule has 32 heavy (non-hydrogen) atoms. The fraction of sp³-hybridized carbons (Fsp3) is 0.400. The van der Waals surface area contributed by atoms with E-state index >= 15 is 0 Å². The van der Waals surface area contributed by atoms with Crippen LogP contribution in [0.15, 0.2) is 60.7 Å². The number of carbonyl (C=O) groups excluding carboxylic acids is 3. The fourth-order valence-electron chi connectivity index (χ4n) is 2.80. The molecule has 0 bridgehead atoms. The van der Waals surface area contributed by atoms with Crippen molar-refractivity contribution in [2.24, 2.45) is 5.92 Å². The van der Waals surface area contributed by atoms with Gasteiger partial charge >= 0.3 is 12.1 Å². The number of amides is 2. The van der Waals surface area contributed by atoms with Crippen LogP contribution in [-0.2, 0) is 32.1 Å². The summed E-state index contributed by atoms with van der Waals surface area (Å²) in [6, 6.07) is 18.6. The summed E-state index contributed by atoms with van der Waals surface area (Å²) < 4.78 is 10.9. The van der Waals surface area contributed by atoms with Crippen LogP contribution in [0.4, 0.5) is 4.79 Å². The zero-order valence-corrected chi connectivity index (χ0v) is 19.0. The van der Waals surface area contributed by atoms with Gasteiger partial charge in [0.25, 0.3) is 0 Å². The Labute approximate surface area is 189 Å². The van der Waals surface area contributed by atoms with Crippen molar-refractivity contribution in [1.29, 1.82) is 0 Å². The number of nitrogens with zero attached hydrogens (tertiary/aromatic N) is 1. The lowest BCUT2D eigenvalue weighted by molar-refractivity contribution is -0.155. The summed E-state index contributed by atoms with van der Waals surface area (Å²) >= 11 is 0. The van der Waals surface area contributed by atoms with Crippen LogP contribution in [0.2, 0.25) is 0 Å². The minimum absolute atomic E-state index is 0.0916. The van der Waals surface area contributed by atoms with Crippen LogP contribution in [0, 0.1) is 5.92 Å². The lowest BCUT2D eigenvalue weighted by Crippen LogP contribution is -2.38. The van der Waals surface area contributed by atoms with Crippen LogP contribution in [0.5, 0.6) is 0 Å². The third-order valence-corrected chi connectivity index (χ3v) is 4.69. The molecule has 2 amide bonds. The molecule has 0 saturated carbocycles. The van der Waals surface area contributed by atoms with Crippen LogP contribution in [0.25, 0.3) is 0 Å². The molecule has 2 aromatic rings. The van der Waals surface area contributed by atoms with Gasteiger partial charge in [-0.1, -0.05) is 74.5 Å². The van der Waals surface area contributed by atoms with Crippen molar-refractivity contribution in [2.45, 2.75) is 39.4 Å². The lowest BCUT2D eigenvalue weighted by Gasteiger charge is -2.22. The Morgan fingerprint density at radius 3 is 2.12 bits per heavy atom. The molecule has 1 N–H and O–H groups in total. The largest absolute Gasteiger partial charge is 0.458 e. The number of rotatable bonds is 11. The summed E-state index contributed by atoms with van der Waals surface area (Å²) in [7, 11) is 1.53. The number of benzene rings is 2. The predicted molar refractivity (Wildman–Crippen MR) is 122 cm³/mol. The van der Waals surface area contributed by atoms with E-state index in [1.165, 1.54) is 11.9 Å². The predicted octanol–water partition coefficient (Wildman–Crippen LogP) is 3.57. The molecule has 1 atom stereocenters. The Balaban J connectivity index is 1.94. The second-order valence-corrected chi connectivity index (χ2v) is 8.02. The number of hydrogen-bond donors (Lipinski definition) is 1. The molecule has 172 valence electrons. The third kappa shape index (κ3) is 9.20. The zero-order chi connectivity index (χ0) is 23.3. The highest BCUT2D eigenvalue weighted by atomic mass is 16.6. The minimum atomic E-state index is -1.09. The monoisotopic (exact) mass is 440 g/mol. The Hall–Kier alpha value is -3.35. The van der Waals surface area contributed by atoms with Gasteiger partial charge in [0.1, 0.15) is 6.61 Å². The third-order valence-electron chi connectivity index (χ3n) is 4.69. The first-order chi connectivity index (χ1) is 15.3. The maximum Gasteiger partial charge on any atom is 0.410 e. The molecule has 0 aliphatic heterocycles. The van der Waals surface area contributed by atoms with E-state index in [1.54, 1.807) is 0 Å². The normalized spacial score (nSPS) is 11.5. The molecule has 0 aliphatic rings. The SMILES string of the molecule is CC(C)CNC(=O)CCN(C)C(=O)O[C@@H](Cc1ccccc1)C(=O)OCc1ccccc1. The molecule has 0 heterocycles. The van der Waals surface area contributed by atoms with Crippen molar-refractivity contribution >= 4 is 18.0 Å². The van der Waals surface area contributed by atoms with E-state index in [0.717, 1.165) is 11.1 Å². The van der Waals surface area contributed by atoms with Gasteiger partial charge in [-0.15, -0.1) is 0 Å². The summed E-state index contributed by atoms with van der Waals surface area (Å²) in [6.07, 6.45) is -1.42. The van der Waals surface area contributed by atoms with Gasteiger partial charge in [-0.2, -0.15) is 0 Å². The first kappa shape index (κ1) is 24.9. The number of hydrogen-bond acceptors (Lipinski definition) is 5. The fourth-order valence-corrected chi connectivity index (χ4v) is 2.80. The molecule has 7 nitrogen and oxygen atoms in total. The molecule has 0 aromatic heterocycles. The molecular weight excluding hydrogens is 408 g/mol. The van der Waals surface area contributed by atoms with Crippen LogP contribution in [0.3, 0.4) is 0 Å². The standard InChI is InChI=1S/C25H32N2O5/c1-19(2)17-26-23(28)14-15-27(3)25(30)32-22(16-20-10-6-4-7-11-20)24(29)31-18-21-12-8-5-9-13-21/h4-13,19,22H,14-18H2,1-3H3,(H,26,28)/t22-/m0/s1. The van der Waals surface area contributed by atoms with E-state index in [4.69, 9.17) is 9.47 Å². The highest BCUT2D eigenvalue weighted by molar-refractivity contribution is 5.80. The zero-order valence-electron chi connectivity index (χ0n) is 19.0. The van der Waals surface area contributed by atoms with Crippen LogP contribution in [0.1, 0.15) is 31.4 Å². The van der Waals surface area contributed by atoms with Crippen molar-refractivity contribution in [2.75, 3.05) is 20.1 Å². The first-order valence-corrected chi connectivity index (χ1v) is 10.8. The van der Waals surface area contributed by atoms with Gasteiger partial charge in [0.15, 0.2) is 0 Å². The van der Waals surface area contributed by atoms with Crippen molar-refractivity contribution < 1.29 is 23.9 Å². The average molecular weight is 441 g/mol. The molecule has 2 aromatic carbocycles. The van der Waals surface area contributed by atoms with Crippen molar-refractivity contribution in [3.63, 3.8) is 0 Å². The van der Waals surface area contributed by atoms with Crippen molar-refractivity contribution in [3.8, 4) is 0 Å². The summed E-state index contributed by atoms with van der Waals surface area (Å²) in [5.41, 5.74) is 1.69. The summed E-state index contributed by atoms with van der Waals surface area (Å²) in [6.45, 7) is 4.87. The summed E-state index contributed by atoms with van der Waals surface area (Å²) in [5, 5.41) is 2.81. The topological polar surface area (TPSA) is 84.9 Å². The van der Waals surface area contributed by atoms with Gasteiger partial charge in [0, 0.05) is 33.0 Å².